The highest BCUT2D eigenvalue weighted by molar-refractivity contribution is 5.80. The smallest absolute Gasteiger partial charge is 0.223 e. The Balaban J connectivity index is 1.35. The molecule has 0 atom stereocenters. The van der Waals surface area contributed by atoms with Gasteiger partial charge in [-0.25, -0.2) is 0 Å². The van der Waals surface area contributed by atoms with Crippen LogP contribution in [0.15, 0.2) is 47.7 Å². The molecule has 0 bridgehead atoms. The predicted molar refractivity (Wildman–Crippen MR) is 104 cm³/mol. The zero-order valence-corrected chi connectivity index (χ0v) is 15.5. The Hall–Kier alpha value is -2.76. The first kappa shape index (κ1) is 18.0. The molecule has 1 aliphatic rings. The lowest BCUT2D eigenvalue weighted by molar-refractivity contribution is -0.131. The first-order valence-corrected chi connectivity index (χ1v) is 9.05. The number of aromatic nitrogens is 1. The van der Waals surface area contributed by atoms with Crippen molar-refractivity contribution in [1.29, 1.82) is 0 Å². The van der Waals surface area contributed by atoms with E-state index in [9.17, 15) is 4.79 Å². The summed E-state index contributed by atoms with van der Waals surface area (Å²) in [6, 6.07) is 10.3. The minimum absolute atomic E-state index is 0.218. The van der Waals surface area contributed by atoms with Gasteiger partial charge in [-0.15, -0.1) is 0 Å². The van der Waals surface area contributed by atoms with Crippen LogP contribution >= 0.6 is 0 Å². The van der Waals surface area contributed by atoms with Crippen LogP contribution in [0.25, 0.3) is 0 Å². The summed E-state index contributed by atoms with van der Waals surface area (Å²) in [5.41, 5.74) is 3.74. The van der Waals surface area contributed by atoms with Crippen LogP contribution in [0.2, 0.25) is 0 Å². The fourth-order valence-corrected chi connectivity index (χ4v) is 3.19. The van der Waals surface area contributed by atoms with E-state index in [-0.39, 0.29) is 5.91 Å². The number of carbonyl (C=O) groups excluding carboxylic acids is 1. The average molecular weight is 353 g/mol. The molecule has 0 saturated heterocycles. The second kappa shape index (κ2) is 8.56. The fraction of sp³-hybridized carbons (Fsp3) is 0.400. The van der Waals surface area contributed by atoms with Crippen molar-refractivity contribution >= 4 is 11.9 Å². The van der Waals surface area contributed by atoms with Gasteiger partial charge in [0.1, 0.15) is 0 Å². The van der Waals surface area contributed by atoms with Crippen LogP contribution in [0.4, 0.5) is 0 Å². The van der Waals surface area contributed by atoms with Crippen molar-refractivity contribution in [3.05, 3.63) is 59.4 Å². The Kier molecular flexibility index (Phi) is 5.94. The van der Waals surface area contributed by atoms with Gasteiger partial charge in [0.05, 0.1) is 0 Å². The Morgan fingerprint density at radius 2 is 1.88 bits per heavy atom. The molecule has 1 amide bonds. The molecule has 0 fully saturated rings. The van der Waals surface area contributed by atoms with Gasteiger partial charge < -0.3 is 20.1 Å². The second-order valence-corrected chi connectivity index (χ2v) is 6.66. The number of nitrogens with zero attached hydrogens (tertiary/aromatic N) is 3. The van der Waals surface area contributed by atoms with E-state index in [1.54, 1.807) is 7.05 Å². The normalized spacial score (nSPS) is 13.6. The molecule has 6 heteroatoms. The van der Waals surface area contributed by atoms with E-state index in [1.807, 2.05) is 34.8 Å². The molecule has 2 N–H and O–H groups in total. The summed E-state index contributed by atoms with van der Waals surface area (Å²) in [5.74, 6) is 0.977. The molecular formula is C20H27N5O. The van der Waals surface area contributed by atoms with Crippen molar-refractivity contribution in [3.8, 4) is 0 Å². The van der Waals surface area contributed by atoms with Crippen LogP contribution in [0.3, 0.4) is 0 Å². The van der Waals surface area contributed by atoms with Crippen molar-refractivity contribution in [2.75, 3.05) is 13.6 Å². The van der Waals surface area contributed by atoms with E-state index in [1.165, 1.54) is 16.7 Å². The molecule has 138 valence electrons. The van der Waals surface area contributed by atoms with Gasteiger partial charge in [-0.3, -0.25) is 9.79 Å². The van der Waals surface area contributed by atoms with Crippen LogP contribution in [-0.2, 0) is 31.5 Å². The highest BCUT2D eigenvalue weighted by Gasteiger charge is 2.22. The largest absolute Gasteiger partial charge is 0.357 e. The number of guanidine groups is 1. The van der Waals surface area contributed by atoms with E-state index >= 15 is 0 Å². The molecule has 0 radical (unpaired) electrons. The quantitative estimate of drug-likeness (QED) is 0.474. The number of carbonyl (C=O) groups is 1. The van der Waals surface area contributed by atoms with Gasteiger partial charge in [-0.1, -0.05) is 24.3 Å². The van der Waals surface area contributed by atoms with E-state index in [0.717, 1.165) is 38.6 Å². The van der Waals surface area contributed by atoms with Gasteiger partial charge in [0.25, 0.3) is 0 Å². The molecule has 1 aromatic carbocycles. The molecule has 2 aromatic rings. The first-order valence-electron chi connectivity index (χ1n) is 9.05. The summed E-state index contributed by atoms with van der Waals surface area (Å²) < 4.78 is 2.02. The van der Waals surface area contributed by atoms with Gasteiger partial charge in [0.15, 0.2) is 5.96 Å². The highest BCUT2D eigenvalue weighted by Crippen LogP contribution is 2.22. The number of hydrogen-bond donors (Lipinski definition) is 2. The third kappa shape index (κ3) is 4.65. The molecule has 0 unspecified atom stereocenters. The minimum atomic E-state index is 0.218. The second-order valence-electron chi connectivity index (χ2n) is 6.66. The molecule has 0 spiro atoms. The maximum absolute atomic E-state index is 12.4. The molecule has 0 aliphatic carbocycles. The SMILES string of the molecule is CN=C(NCCCC(=O)N1Cc2ccccc2C1)NCc1ccn(C)c1. The summed E-state index contributed by atoms with van der Waals surface area (Å²) in [6.07, 6.45) is 5.44. The topological polar surface area (TPSA) is 61.7 Å². The first-order chi connectivity index (χ1) is 12.7. The molecule has 1 aromatic heterocycles. The summed E-state index contributed by atoms with van der Waals surface area (Å²) in [4.78, 5) is 18.6. The zero-order chi connectivity index (χ0) is 18.4. The Labute approximate surface area is 154 Å². The van der Waals surface area contributed by atoms with Gasteiger partial charge in [0.2, 0.25) is 5.91 Å². The molecule has 26 heavy (non-hydrogen) atoms. The molecule has 1 aliphatic heterocycles. The van der Waals surface area contributed by atoms with Gasteiger partial charge in [-0.05, 0) is 29.2 Å². The lowest BCUT2D eigenvalue weighted by Gasteiger charge is -2.16. The molecule has 3 rings (SSSR count). The number of rotatable bonds is 6. The Bertz CT molecular complexity index is 755. The zero-order valence-electron chi connectivity index (χ0n) is 15.5. The predicted octanol–water partition coefficient (Wildman–Crippen LogP) is 2.01. The maximum Gasteiger partial charge on any atom is 0.223 e. The minimum Gasteiger partial charge on any atom is -0.357 e. The van der Waals surface area contributed by atoms with Crippen LogP contribution in [0, 0.1) is 0 Å². The number of benzene rings is 1. The monoisotopic (exact) mass is 353 g/mol. The maximum atomic E-state index is 12.4. The summed E-state index contributed by atoms with van der Waals surface area (Å²) in [7, 11) is 3.76. The number of aryl methyl sites for hydroxylation is 1. The Morgan fingerprint density at radius 1 is 1.15 bits per heavy atom. The van der Waals surface area contributed by atoms with E-state index in [2.05, 4.69) is 40.0 Å². The molecular weight excluding hydrogens is 326 g/mol. The Morgan fingerprint density at radius 3 is 2.50 bits per heavy atom. The fourth-order valence-electron chi connectivity index (χ4n) is 3.19. The standard InChI is InChI=1S/C20H27N5O/c1-21-20(23-12-16-9-11-24(2)13-16)22-10-5-8-19(26)25-14-17-6-3-4-7-18(17)15-25/h3-4,6-7,9,11,13H,5,8,10,12,14-15H2,1-2H3,(H2,21,22,23). The lowest BCUT2D eigenvalue weighted by Crippen LogP contribution is -2.37. The average Bonchev–Trinajstić information content (AvgIpc) is 3.26. The van der Waals surface area contributed by atoms with Gasteiger partial charge in [-0.2, -0.15) is 0 Å². The van der Waals surface area contributed by atoms with E-state index < -0.39 is 0 Å². The van der Waals surface area contributed by atoms with E-state index in [4.69, 9.17) is 0 Å². The van der Waals surface area contributed by atoms with Crippen molar-refractivity contribution in [1.82, 2.24) is 20.1 Å². The van der Waals surface area contributed by atoms with Crippen molar-refractivity contribution in [3.63, 3.8) is 0 Å². The summed E-state index contributed by atoms with van der Waals surface area (Å²) in [6.45, 7) is 2.93. The molecule has 0 saturated carbocycles. The third-order valence-corrected chi connectivity index (χ3v) is 4.63. The number of fused-ring (bicyclic) bond motifs is 1. The number of amides is 1. The highest BCUT2D eigenvalue weighted by atomic mass is 16.2. The third-order valence-electron chi connectivity index (χ3n) is 4.63. The van der Waals surface area contributed by atoms with Crippen LogP contribution in [-0.4, -0.2) is 34.9 Å². The van der Waals surface area contributed by atoms with E-state index in [0.29, 0.717) is 6.42 Å². The van der Waals surface area contributed by atoms with Crippen LogP contribution < -0.4 is 10.6 Å². The summed E-state index contributed by atoms with van der Waals surface area (Å²) in [5, 5.41) is 6.56. The number of nitrogens with one attached hydrogen (secondary N) is 2. The molecule has 2 heterocycles. The van der Waals surface area contributed by atoms with Crippen molar-refractivity contribution < 1.29 is 4.79 Å². The lowest BCUT2D eigenvalue weighted by atomic mass is 10.1. The van der Waals surface area contributed by atoms with Crippen molar-refractivity contribution in [2.24, 2.45) is 12.0 Å². The summed E-state index contributed by atoms with van der Waals surface area (Å²) >= 11 is 0. The van der Waals surface area contributed by atoms with Crippen LogP contribution in [0.1, 0.15) is 29.5 Å². The van der Waals surface area contributed by atoms with Gasteiger partial charge in [0, 0.05) is 59.1 Å². The van der Waals surface area contributed by atoms with Crippen molar-refractivity contribution in [2.45, 2.75) is 32.5 Å². The van der Waals surface area contributed by atoms with Gasteiger partial charge >= 0.3 is 0 Å². The van der Waals surface area contributed by atoms with Crippen LogP contribution in [0.5, 0.6) is 0 Å². The molecule has 6 nitrogen and oxygen atoms in total. The number of hydrogen-bond acceptors (Lipinski definition) is 2. The number of aliphatic imine (C=N–C) groups is 1.